The standard InChI is InChI=1S/C11H22N6O3/c1-19-7-5-16(6-8-20-2)3-4-17-9-10(14-15-17)11(18)13-12/h9H,3-8,12H2,1-2H3,(H,13,18). The molecule has 9 nitrogen and oxygen atoms in total. The molecule has 114 valence electrons. The van der Waals surface area contributed by atoms with Gasteiger partial charge in [-0.25, -0.2) is 5.84 Å². The molecule has 0 saturated carbocycles. The molecule has 1 amide bonds. The van der Waals surface area contributed by atoms with E-state index in [1.54, 1.807) is 25.1 Å². The molecule has 1 aromatic heterocycles. The minimum atomic E-state index is -0.452. The molecule has 3 N–H and O–H groups in total. The monoisotopic (exact) mass is 286 g/mol. The predicted molar refractivity (Wildman–Crippen MR) is 71.9 cm³/mol. The maximum atomic E-state index is 11.3. The zero-order valence-electron chi connectivity index (χ0n) is 11.9. The van der Waals surface area contributed by atoms with Crippen LogP contribution in [0.25, 0.3) is 0 Å². The number of amides is 1. The third-order valence-electron chi connectivity index (χ3n) is 2.77. The van der Waals surface area contributed by atoms with Crippen LogP contribution in [0.3, 0.4) is 0 Å². The number of nitrogens with one attached hydrogen (secondary N) is 1. The molecule has 0 saturated heterocycles. The number of rotatable bonds is 10. The molecule has 20 heavy (non-hydrogen) atoms. The molecule has 0 unspecified atom stereocenters. The van der Waals surface area contributed by atoms with Crippen molar-refractivity contribution in [1.29, 1.82) is 0 Å². The van der Waals surface area contributed by atoms with Crippen molar-refractivity contribution in [1.82, 2.24) is 25.3 Å². The number of carbonyl (C=O) groups excluding carboxylic acids is 1. The van der Waals surface area contributed by atoms with E-state index >= 15 is 0 Å². The molecule has 0 aliphatic rings. The summed E-state index contributed by atoms with van der Waals surface area (Å²) in [5.41, 5.74) is 2.22. The van der Waals surface area contributed by atoms with E-state index in [1.807, 2.05) is 5.43 Å². The van der Waals surface area contributed by atoms with E-state index in [1.165, 1.54) is 0 Å². The molecule has 0 radical (unpaired) electrons. The number of hydrogen-bond acceptors (Lipinski definition) is 7. The molecule has 0 aliphatic carbocycles. The van der Waals surface area contributed by atoms with Gasteiger partial charge in [0.15, 0.2) is 5.69 Å². The largest absolute Gasteiger partial charge is 0.383 e. The summed E-state index contributed by atoms with van der Waals surface area (Å²) in [5, 5.41) is 7.62. The Balaban J connectivity index is 2.44. The molecule has 0 aromatic carbocycles. The Morgan fingerprint density at radius 3 is 2.55 bits per heavy atom. The second kappa shape index (κ2) is 9.37. The lowest BCUT2D eigenvalue weighted by Gasteiger charge is -2.21. The third kappa shape index (κ3) is 5.61. The van der Waals surface area contributed by atoms with Gasteiger partial charge in [0.2, 0.25) is 0 Å². The zero-order valence-corrected chi connectivity index (χ0v) is 11.9. The number of nitrogens with two attached hydrogens (primary N) is 1. The number of nitrogens with zero attached hydrogens (tertiary/aromatic N) is 4. The van der Waals surface area contributed by atoms with Crippen LogP contribution in [0.2, 0.25) is 0 Å². The van der Waals surface area contributed by atoms with Crippen molar-refractivity contribution >= 4 is 5.91 Å². The van der Waals surface area contributed by atoms with Crippen LogP contribution in [0.4, 0.5) is 0 Å². The first kappa shape index (κ1) is 16.5. The van der Waals surface area contributed by atoms with Crippen molar-refractivity contribution < 1.29 is 14.3 Å². The second-order valence-corrected chi connectivity index (χ2v) is 4.17. The summed E-state index contributed by atoms with van der Waals surface area (Å²) in [6.07, 6.45) is 1.56. The normalized spacial score (nSPS) is 11.0. The zero-order chi connectivity index (χ0) is 14.8. The van der Waals surface area contributed by atoms with Gasteiger partial charge in [0, 0.05) is 33.9 Å². The fourth-order valence-corrected chi connectivity index (χ4v) is 1.61. The second-order valence-electron chi connectivity index (χ2n) is 4.17. The highest BCUT2D eigenvalue weighted by molar-refractivity contribution is 5.91. The molecule has 0 fully saturated rings. The lowest BCUT2D eigenvalue weighted by Crippen LogP contribution is -2.33. The first-order valence-electron chi connectivity index (χ1n) is 6.32. The summed E-state index contributed by atoms with van der Waals surface area (Å²) >= 11 is 0. The van der Waals surface area contributed by atoms with Crippen molar-refractivity contribution in [2.45, 2.75) is 6.54 Å². The molecule has 1 rings (SSSR count). The Morgan fingerprint density at radius 1 is 1.35 bits per heavy atom. The Labute approximate surface area is 118 Å². The van der Waals surface area contributed by atoms with Gasteiger partial charge >= 0.3 is 0 Å². The number of nitrogen functional groups attached to an aromatic ring is 1. The first-order valence-corrected chi connectivity index (χ1v) is 6.32. The van der Waals surface area contributed by atoms with Gasteiger partial charge in [0.05, 0.1) is 26.0 Å². The van der Waals surface area contributed by atoms with Crippen LogP contribution in [-0.2, 0) is 16.0 Å². The van der Waals surface area contributed by atoms with Gasteiger partial charge in [-0.05, 0) is 0 Å². The SMILES string of the molecule is COCCN(CCOC)CCn1cc(C(=O)NN)nn1. The lowest BCUT2D eigenvalue weighted by atomic mass is 10.4. The Bertz CT molecular complexity index is 389. The summed E-state index contributed by atoms with van der Waals surface area (Å²) in [6.45, 7) is 4.32. The van der Waals surface area contributed by atoms with Crippen LogP contribution in [0.5, 0.6) is 0 Å². The predicted octanol–water partition coefficient (Wildman–Crippen LogP) is -1.52. The van der Waals surface area contributed by atoms with Crippen molar-refractivity contribution in [2.24, 2.45) is 5.84 Å². The van der Waals surface area contributed by atoms with Crippen LogP contribution in [0.1, 0.15) is 10.5 Å². The smallest absolute Gasteiger partial charge is 0.287 e. The van der Waals surface area contributed by atoms with E-state index in [2.05, 4.69) is 15.2 Å². The summed E-state index contributed by atoms with van der Waals surface area (Å²) in [7, 11) is 3.34. The lowest BCUT2D eigenvalue weighted by molar-refractivity contribution is 0.0948. The van der Waals surface area contributed by atoms with Crippen molar-refractivity contribution in [2.75, 3.05) is 47.1 Å². The number of aromatic nitrogens is 3. The van der Waals surface area contributed by atoms with E-state index in [4.69, 9.17) is 15.3 Å². The van der Waals surface area contributed by atoms with Crippen LogP contribution in [0, 0.1) is 0 Å². The summed E-state index contributed by atoms with van der Waals surface area (Å²) in [4.78, 5) is 13.4. The molecule has 0 atom stereocenters. The van der Waals surface area contributed by atoms with Crippen LogP contribution in [0.15, 0.2) is 6.20 Å². The van der Waals surface area contributed by atoms with Gasteiger partial charge in [-0.3, -0.25) is 19.8 Å². The van der Waals surface area contributed by atoms with E-state index < -0.39 is 5.91 Å². The average molecular weight is 286 g/mol. The molecule has 0 spiro atoms. The van der Waals surface area contributed by atoms with E-state index in [0.29, 0.717) is 19.8 Å². The van der Waals surface area contributed by atoms with Gasteiger partial charge in [-0.1, -0.05) is 5.21 Å². The number of hydrogen-bond donors (Lipinski definition) is 2. The third-order valence-corrected chi connectivity index (χ3v) is 2.77. The highest BCUT2D eigenvalue weighted by atomic mass is 16.5. The number of methoxy groups -OCH3 is 2. The number of carbonyl (C=O) groups is 1. The summed E-state index contributed by atoms with van der Waals surface area (Å²) < 4.78 is 11.7. The highest BCUT2D eigenvalue weighted by Gasteiger charge is 2.10. The quantitative estimate of drug-likeness (QED) is 0.305. The van der Waals surface area contributed by atoms with Gasteiger partial charge < -0.3 is 9.47 Å². The fourth-order valence-electron chi connectivity index (χ4n) is 1.61. The maximum Gasteiger partial charge on any atom is 0.287 e. The molecular formula is C11H22N6O3. The van der Waals surface area contributed by atoms with Gasteiger partial charge in [0.25, 0.3) is 5.91 Å². The van der Waals surface area contributed by atoms with Crippen molar-refractivity contribution in [3.8, 4) is 0 Å². The van der Waals surface area contributed by atoms with Gasteiger partial charge in [-0.2, -0.15) is 0 Å². The fraction of sp³-hybridized carbons (Fsp3) is 0.727. The molecule has 1 aromatic rings. The number of hydrazine groups is 1. The van der Waals surface area contributed by atoms with Crippen molar-refractivity contribution in [3.05, 3.63) is 11.9 Å². The Kier molecular flexibility index (Phi) is 7.73. The first-order chi connectivity index (χ1) is 9.71. The summed E-state index contributed by atoms with van der Waals surface area (Å²) in [6, 6.07) is 0. The Morgan fingerprint density at radius 2 is 2.00 bits per heavy atom. The Hall–Kier alpha value is -1.55. The van der Waals surface area contributed by atoms with Gasteiger partial charge in [0.1, 0.15) is 0 Å². The van der Waals surface area contributed by atoms with E-state index in [9.17, 15) is 4.79 Å². The molecule has 0 aliphatic heterocycles. The number of ether oxygens (including phenoxy) is 2. The minimum Gasteiger partial charge on any atom is -0.383 e. The maximum absolute atomic E-state index is 11.3. The van der Waals surface area contributed by atoms with Crippen LogP contribution < -0.4 is 11.3 Å². The van der Waals surface area contributed by atoms with Crippen LogP contribution >= 0.6 is 0 Å². The average Bonchev–Trinajstić information content (AvgIpc) is 2.94. The topological polar surface area (TPSA) is 108 Å². The summed E-state index contributed by atoms with van der Waals surface area (Å²) in [5.74, 6) is 4.58. The van der Waals surface area contributed by atoms with E-state index in [0.717, 1.165) is 19.6 Å². The molecule has 0 bridgehead atoms. The molecule has 1 heterocycles. The highest BCUT2D eigenvalue weighted by Crippen LogP contribution is 1.95. The molecular weight excluding hydrogens is 264 g/mol. The minimum absolute atomic E-state index is 0.202. The van der Waals surface area contributed by atoms with Crippen molar-refractivity contribution in [3.63, 3.8) is 0 Å². The van der Waals surface area contributed by atoms with E-state index in [-0.39, 0.29) is 5.69 Å². The van der Waals surface area contributed by atoms with Gasteiger partial charge in [-0.15, -0.1) is 5.10 Å². The molecule has 9 heteroatoms. The van der Waals surface area contributed by atoms with Crippen LogP contribution in [-0.4, -0.2) is 72.9 Å².